The van der Waals surface area contributed by atoms with Gasteiger partial charge in [0.1, 0.15) is 11.7 Å². The Bertz CT molecular complexity index is 719. The van der Waals surface area contributed by atoms with Gasteiger partial charge in [-0.25, -0.2) is 4.79 Å². The van der Waals surface area contributed by atoms with Crippen LogP contribution < -0.4 is 0 Å². The van der Waals surface area contributed by atoms with Gasteiger partial charge in [-0.3, -0.25) is 4.90 Å². The smallest absolute Gasteiger partial charge is 0.411 e. The summed E-state index contributed by atoms with van der Waals surface area (Å²) < 4.78 is 18.2. The molecule has 5 nitrogen and oxygen atoms in total. The maximum atomic E-state index is 13.2. The van der Waals surface area contributed by atoms with Gasteiger partial charge in [-0.15, -0.1) is 0 Å². The van der Waals surface area contributed by atoms with Crippen LogP contribution in [0.2, 0.25) is 18.1 Å². The minimum absolute atomic E-state index is 0.113. The molecule has 2 rings (SSSR count). The van der Waals surface area contributed by atoms with E-state index in [1.807, 2.05) is 57.2 Å². The van der Waals surface area contributed by atoms with Gasteiger partial charge >= 0.3 is 6.09 Å². The van der Waals surface area contributed by atoms with Crippen molar-refractivity contribution in [2.24, 2.45) is 0 Å². The minimum atomic E-state index is -1.93. The van der Waals surface area contributed by atoms with Crippen LogP contribution in [0.1, 0.15) is 47.1 Å². The largest absolute Gasteiger partial charge is 0.444 e. The van der Waals surface area contributed by atoms with Crippen molar-refractivity contribution in [3.05, 3.63) is 48.0 Å². The van der Waals surface area contributed by atoms with E-state index in [4.69, 9.17) is 13.9 Å². The van der Waals surface area contributed by atoms with E-state index in [1.54, 1.807) is 4.90 Å². The Morgan fingerprint density at radius 2 is 1.77 bits per heavy atom. The average molecular weight is 434 g/mol. The van der Waals surface area contributed by atoms with Crippen LogP contribution in [0.3, 0.4) is 0 Å². The maximum absolute atomic E-state index is 13.2. The van der Waals surface area contributed by atoms with Crippen molar-refractivity contribution < 1.29 is 18.7 Å². The lowest BCUT2D eigenvalue weighted by atomic mass is 10.1. The molecule has 1 heterocycles. The first-order chi connectivity index (χ1) is 13.8. The van der Waals surface area contributed by atoms with E-state index < -0.39 is 13.9 Å². The Labute approximate surface area is 183 Å². The molecule has 30 heavy (non-hydrogen) atoms. The standard InChI is InChI=1S/C24H39NO4Si/c1-23(2,3)29-22(26)25(17-19-13-10-9-11-14-19)20-15-12-16-27-21(20)18-28-30(7,8)24(4,5)6/h9-15,20-21H,16-18H2,1-8H3/t20-,21+/m0/s1. The summed E-state index contributed by atoms with van der Waals surface area (Å²) in [4.78, 5) is 14.9. The number of carbonyl (C=O) groups is 1. The van der Waals surface area contributed by atoms with Gasteiger partial charge in [-0.05, 0) is 44.5 Å². The van der Waals surface area contributed by atoms with E-state index in [2.05, 4.69) is 39.9 Å². The van der Waals surface area contributed by atoms with Crippen LogP contribution in [0.15, 0.2) is 42.5 Å². The molecule has 0 fully saturated rings. The van der Waals surface area contributed by atoms with Gasteiger partial charge in [-0.2, -0.15) is 0 Å². The zero-order valence-electron chi connectivity index (χ0n) is 19.9. The molecule has 1 aromatic rings. The number of carbonyl (C=O) groups excluding carboxylic acids is 1. The number of ether oxygens (including phenoxy) is 2. The van der Waals surface area contributed by atoms with E-state index in [-0.39, 0.29) is 23.3 Å². The molecule has 1 aromatic carbocycles. The van der Waals surface area contributed by atoms with Crippen molar-refractivity contribution in [2.75, 3.05) is 13.2 Å². The molecule has 0 radical (unpaired) electrons. The molecule has 168 valence electrons. The Hall–Kier alpha value is -1.63. The van der Waals surface area contributed by atoms with Crippen molar-refractivity contribution in [2.45, 2.75) is 84.0 Å². The van der Waals surface area contributed by atoms with E-state index >= 15 is 0 Å². The highest BCUT2D eigenvalue weighted by Gasteiger charge is 2.40. The Morgan fingerprint density at radius 1 is 1.13 bits per heavy atom. The zero-order chi connectivity index (χ0) is 22.6. The quantitative estimate of drug-likeness (QED) is 0.422. The Morgan fingerprint density at radius 3 is 2.33 bits per heavy atom. The number of amides is 1. The lowest BCUT2D eigenvalue weighted by Crippen LogP contribution is -2.52. The molecule has 0 saturated heterocycles. The third-order valence-electron chi connectivity index (χ3n) is 5.72. The fourth-order valence-corrected chi connectivity index (χ4v) is 3.96. The fraction of sp³-hybridized carbons (Fsp3) is 0.625. The van der Waals surface area contributed by atoms with Crippen LogP contribution in [-0.2, 0) is 20.4 Å². The lowest BCUT2D eigenvalue weighted by molar-refractivity contribution is -0.0377. The summed E-state index contributed by atoms with van der Waals surface area (Å²) in [6.07, 6.45) is 3.44. The molecule has 0 bridgehead atoms. The van der Waals surface area contributed by atoms with E-state index in [0.717, 1.165) is 5.56 Å². The van der Waals surface area contributed by atoms with Crippen molar-refractivity contribution >= 4 is 14.4 Å². The topological polar surface area (TPSA) is 48.0 Å². The maximum Gasteiger partial charge on any atom is 0.411 e. The molecule has 0 saturated carbocycles. The molecule has 2 atom stereocenters. The van der Waals surface area contributed by atoms with E-state index in [9.17, 15) is 4.79 Å². The molecule has 0 aromatic heterocycles. The molecule has 0 N–H and O–H groups in total. The summed E-state index contributed by atoms with van der Waals surface area (Å²) in [7, 11) is -1.93. The summed E-state index contributed by atoms with van der Waals surface area (Å²) in [5.74, 6) is 0. The van der Waals surface area contributed by atoms with Crippen molar-refractivity contribution in [3.63, 3.8) is 0 Å². The first-order valence-corrected chi connectivity index (χ1v) is 13.7. The highest BCUT2D eigenvalue weighted by Crippen LogP contribution is 2.37. The summed E-state index contributed by atoms with van der Waals surface area (Å²) >= 11 is 0. The molecule has 6 heteroatoms. The second-order valence-electron chi connectivity index (χ2n) is 10.5. The predicted molar refractivity (Wildman–Crippen MR) is 124 cm³/mol. The first kappa shape index (κ1) is 24.6. The van der Waals surface area contributed by atoms with Crippen LogP contribution in [0, 0.1) is 0 Å². The van der Waals surface area contributed by atoms with Crippen molar-refractivity contribution in [3.8, 4) is 0 Å². The van der Waals surface area contributed by atoms with Crippen molar-refractivity contribution in [1.29, 1.82) is 0 Å². The molecule has 1 aliphatic rings. The molecular formula is C24H39NO4Si. The number of nitrogens with zero attached hydrogens (tertiary/aromatic N) is 1. The summed E-state index contributed by atoms with van der Waals surface area (Å²) in [5.41, 5.74) is 0.477. The normalized spacial score (nSPS) is 20.1. The molecule has 0 unspecified atom stereocenters. The summed E-state index contributed by atoms with van der Waals surface area (Å²) in [6.45, 7) is 18.2. The molecule has 1 amide bonds. The van der Waals surface area contributed by atoms with Gasteiger partial charge < -0.3 is 13.9 Å². The summed E-state index contributed by atoms with van der Waals surface area (Å²) in [5, 5.41) is 0.113. The Kier molecular flexibility index (Phi) is 7.94. The van der Waals surface area contributed by atoms with Gasteiger partial charge in [0.05, 0.1) is 19.3 Å². The van der Waals surface area contributed by atoms with Crippen molar-refractivity contribution in [1.82, 2.24) is 4.90 Å². The number of hydrogen-bond donors (Lipinski definition) is 0. The molecule has 0 spiro atoms. The second kappa shape index (κ2) is 9.67. The molecule has 0 aliphatic carbocycles. The van der Waals surface area contributed by atoms with Gasteiger partial charge in [0.2, 0.25) is 0 Å². The van der Waals surface area contributed by atoms with Crippen LogP contribution >= 0.6 is 0 Å². The summed E-state index contributed by atoms with van der Waals surface area (Å²) in [6, 6.07) is 9.72. The predicted octanol–water partition coefficient (Wildman–Crippen LogP) is 5.77. The highest BCUT2D eigenvalue weighted by atomic mass is 28.4. The van der Waals surface area contributed by atoms with Gasteiger partial charge in [0.25, 0.3) is 0 Å². The van der Waals surface area contributed by atoms with Crippen LogP contribution in [-0.4, -0.2) is 50.3 Å². The monoisotopic (exact) mass is 433 g/mol. The molecule has 1 aliphatic heterocycles. The number of rotatable bonds is 6. The van der Waals surface area contributed by atoms with E-state index in [1.165, 1.54) is 0 Å². The third-order valence-corrected chi connectivity index (χ3v) is 10.2. The number of benzene rings is 1. The third kappa shape index (κ3) is 6.96. The fourth-order valence-electron chi connectivity index (χ4n) is 2.95. The van der Waals surface area contributed by atoms with E-state index in [0.29, 0.717) is 19.8 Å². The van der Waals surface area contributed by atoms with Crippen LogP contribution in [0.25, 0.3) is 0 Å². The van der Waals surface area contributed by atoms with Gasteiger partial charge in [-0.1, -0.05) is 63.3 Å². The number of hydrogen-bond acceptors (Lipinski definition) is 4. The van der Waals surface area contributed by atoms with Gasteiger partial charge in [0, 0.05) is 6.54 Å². The SMILES string of the molecule is CC(C)(C)OC(=O)N(Cc1ccccc1)[C@H]1C=CCO[C@@H]1CO[Si](C)(C)C(C)(C)C. The zero-order valence-corrected chi connectivity index (χ0v) is 20.9. The second-order valence-corrected chi connectivity index (χ2v) is 15.3. The van der Waals surface area contributed by atoms with Crippen LogP contribution in [0.5, 0.6) is 0 Å². The van der Waals surface area contributed by atoms with Gasteiger partial charge in [0.15, 0.2) is 8.32 Å². The highest BCUT2D eigenvalue weighted by molar-refractivity contribution is 6.74. The lowest BCUT2D eigenvalue weighted by Gasteiger charge is -2.41. The Balaban J connectivity index is 2.25. The first-order valence-electron chi connectivity index (χ1n) is 10.8. The molecular weight excluding hydrogens is 394 g/mol. The average Bonchev–Trinajstić information content (AvgIpc) is 2.63. The minimum Gasteiger partial charge on any atom is -0.444 e. The van der Waals surface area contributed by atoms with Crippen LogP contribution in [0.4, 0.5) is 4.79 Å².